The molecule has 0 aromatic carbocycles. The summed E-state index contributed by atoms with van der Waals surface area (Å²) in [6, 6.07) is 7.85. The number of amides is 1. The van der Waals surface area contributed by atoms with Gasteiger partial charge in [0, 0.05) is 87.7 Å². The van der Waals surface area contributed by atoms with Crippen molar-refractivity contribution < 1.29 is 32.5 Å². The van der Waals surface area contributed by atoms with E-state index in [1.54, 1.807) is 117 Å². The fraction of sp³-hybridized carbons (Fsp3) is 0.261. The molecule has 69 heavy (non-hydrogen) atoms. The van der Waals surface area contributed by atoms with Gasteiger partial charge in [-0.05, 0) is 50.2 Å². The van der Waals surface area contributed by atoms with Crippen LogP contribution in [0, 0.1) is 11.6 Å². The van der Waals surface area contributed by atoms with E-state index in [1.165, 1.54) is 39.9 Å². The van der Waals surface area contributed by atoms with Crippen molar-refractivity contribution in [1.82, 2.24) is 63.7 Å². The third-order valence-corrected chi connectivity index (χ3v) is 10.9. The van der Waals surface area contributed by atoms with Crippen LogP contribution in [0.2, 0.25) is 0 Å². The molecule has 0 radical (unpaired) electrons. The average molecular weight is 945 g/mol. The van der Waals surface area contributed by atoms with Crippen LogP contribution in [-0.4, -0.2) is 105 Å². The van der Waals surface area contributed by atoms with E-state index >= 15 is 0 Å². The number of hydrazine groups is 1. The predicted octanol–water partition coefficient (Wildman–Crippen LogP) is 4.67. The molecule has 23 heteroatoms. The van der Waals surface area contributed by atoms with Crippen molar-refractivity contribution in [3.8, 4) is 33.8 Å². The van der Waals surface area contributed by atoms with Crippen LogP contribution in [0.1, 0.15) is 31.8 Å². The SMILES string of the molecule is COCCOc1cnc2ccn(C(C)C(=O)NNc3ncc(-c4cnn(C)c4)cc3F)c(=O)c2c1.COCCOc1cnc2ccn([C@H](C)c3nnc4c(F)cc(-c5cnn(C)c5)cn34)c(=O)c2c1. The highest BCUT2D eigenvalue weighted by atomic mass is 19.1. The van der Waals surface area contributed by atoms with Gasteiger partial charge in [-0.2, -0.15) is 10.2 Å². The van der Waals surface area contributed by atoms with Gasteiger partial charge in [-0.15, -0.1) is 10.2 Å². The summed E-state index contributed by atoms with van der Waals surface area (Å²) in [5.41, 5.74) is 7.92. The van der Waals surface area contributed by atoms with E-state index in [2.05, 4.69) is 46.2 Å². The van der Waals surface area contributed by atoms with Crippen LogP contribution in [0.15, 0.2) is 108 Å². The third kappa shape index (κ3) is 10.3. The van der Waals surface area contributed by atoms with Gasteiger partial charge in [0.25, 0.3) is 17.0 Å². The lowest BCUT2D eigenvalue weighted by atomic mass is 10.1. The Kier molecular flexibility index (Phi) is 14.1. The molecule has 0 saturated carbocycles. The van der Waals surface area contributed by atoms with Crippen molar-refractivity contribution in [3.63, 3.8) is 0 Å². The quantitative estimate of drug-likeness (QED) is 0.0991. The van der Waals surface area contributed by atoms with Crippen LogP contribution in [0.5, 0.6) is 11.5 Å². The van der Waals surface area contributed by atoms with E-state index in [0.717, 1.165) is 5.56 Å². The van der Waals surface area contributed by atoms with E-state index in [0.29, 0.717) is 82.2 Å². The largest absolute Gasteiger partial charge is 0.490 e. The molecule has 1 amide bonds. The van der Waals surface area contributed by atoms with E-state index in [4.69, 9.17) is 18.9 Å². The highest BCUT2D eigenvalue weighted by Crippen LogP contribution is 2.26. The number of aryl methyl sites for hydroxylation is 2. The van der Waals surface area contributed by atoms with Crippen molar-refractivity contribution >= 4 is 39.2 Å². The Morgan fingerprint density at radius 1 is 0.667 bits per heavy atom. The zero-order valence-corrected chi connectivity index (χ0v) is 38.2. The minimum Gasteiger partial charge on any atom is -0.490 e. The number of halogens is 2. The van der Waals surface area contributed by atoms with Gasteiger partial charge in [0.2, 0.25) is 0 Å². The smallest absolute Gasteiger partial charge is 0.261 e. The van der Waals surface area contributed by atoms with E-state index in [9.17, 15) is 23.2 Å². The molecule has 2 atom stereocenters. The average Bonchev–Trinajstić information content (AvgIpc) is 4.11. The van der Waals surface area contributed by atoms with Gasteiger partial charge in [-0.3, -0.25) is 49.0 Å². The normalized spacial score (nSPS) is 12.2. The molecule has 0 saturated heterocycles. The van der Waals surface area contributed by atoms with Gasteiger partial charge >= 0.3 is 0 Å². The Morgan fingerprint density at radius 2 is 1.23 bits per heavy atom. The molecule has 0 aliphatic heterocycles. The lowest BCUT2D eigenvalue weighted by Crippen LogP contribution is -2.38. The maximum absolute atomic E-state index is 14.8. The van der Waals surface area contributed by atoms with Crippen LogP contribution >= 0.6 is 0 Å². The second kappa shape index (κ2) is 20.6. The third-order valence-electron chi connectivity index (χ3n) is 10.9. The number of nitrogens with one attached hydrogen (secondary N) is 2. The topological polar surface area (TPSA) is 227 Å². The molecule has 0 aliphatic carbocycles. The summed E-state index contributed by atoms with van der Waals surface area (Å²) in [5, 5.41) is 17.1. The first-order valence-corrected chi connectivity index (χ1v) is 21.3. The minimum absolute atomic E-state index is 0.0822. The van der Waals surface area contributed by atoms with Gasteiger partial charge in [0.1, 0.15) is 30.8 Å². The van der Waals surface area contributed by atoms with Crippen LogP contribution < -0.4 is 31.4 Å². The molecule has 0 spiro atoms. The molecule has 21 nitrogen and oxygen atoms in total. The van der Waals surface area contributed by atoms with Crippen molar-refractivity contribution in [2.45, 2.75) is 25.9 Å². The Morgan fingerprint density at radius 3 is 1.80 bits per heavy atom. The molecule has 2 N–H and O–H groups in total. The number of rotatable bonds is 16. The zero-order valence-electron chi connectivity index (χ0n) is 38.2. The first-order chi connectivity index (χ1) is 33.3. The van der Waals surface area contributed by atoms with Crippen LogP contribution in [-0.2, 0) is 28.4 Å². The number of carbonyl (C=O) groups excluding carboxylic acids is 1. The van der Waals surface area contributed by atoms with Gasteiger partial charge in [-0.1, -0.05) is 0 Å². The van der Waals surface area contributed by atoms with Gasteiger partial charge in [-0.25, -0.2) is 13.8 Å². The van der Waals surface area contributed by atoms with E-state index in [1.807, 2.05) is 6.92 Å². The fourth-order valence-corrected chi connectivity index (χ4v) is 7.21. The summed E-state index contributed by atoms with van der Waals surface area (Å²) in [5.74, 6) is -0.589. The summed E-state index contributed by atoms with van der Waals surface area (Å²) in [4.78, 5) is 51.7. The number of aromatic nitrogens is 12. The predicted molar refractivity (Wildman–Crippen MR) is 249 cm³/mol. The van der Waals surface area contributed by atoms with Crippen molar-refractivity contribution in [2.75, 3.05) is 46.1 Å². The van der Waals surface area contributed by atoms with Crippen molar-refractivity contribution in [3.05, 3.63) is 137 Å². The second-order valence-electron chi connectivity index (χ2n) is 15.6. The Bertz CT molecular complexity index is 3420. The van der Waals surface area contributed by atoms with Gasteiger partial charge < -0.3 is 28.1 Å². The molecule has 1 unspecified atom stereocenters. The van der Waals surface area contributed by atoms with Gasteiger partial charge in [0.05, 0.1) is 65.8 Å². The molecule has 0 bridgehead atoms. The summed E-state index contributed by atoms with van der Waals surface area (Å²) < 4.78 is 58.0. The Balaban J connectivity index is 0.000000186. The molecule has 356 valence electrons. The van der Waals surface area contributed by atoms with Crippen molar-refractivity contribution in [2.24, 2.45) is 14.1 Å². The number of carbonyl (C=O) groups is 1. The van der Waals surface area contributed by atoms with E-state index < -0.39 is 35.2 Å². The Labute approximate surface area is 390 Å². The highest BCUT2D eigenvalue weighted by molar-refractivity contribution is 5.83. The molecule has 9 aromatic rings. The van der Waals surface area contributed by atoms with Crippen molar-refractivity contribution in [1.29, 1.82) is 0 Å². The summed E-state index contributed by atoms with van der Waals surface area (Å²) >= 11 is 0. The number of pyridine rings is 6. The number of hydrogen-bond donors (Lipinski definition) is 2. The maximum atomic E-state index is 14.8. The summed E-state index contributed by atoms with van der Waals surface area (Å²) in [6.07, 6.45) is 16.2. The minimum atomic E-state index is -0.907. The number of methoxy groups -OCH3 is 2. The fourth-order valence-electron chi connectivity index (χ4n) is 7.21. The highest BCUT2D eigenvalue weighted by Gasteiger charge is 2.22. The maximum Gasteiger partial charge on any atom is 0.261 e. The summed E-state index contributed by atoms with van der Waals surface area (Å²) in [6.45, 7) is 4.83. The van der Waals surface area contributed by atoms with Gasteiger partial charge in [0.15, 0.2) is 28.9 Å². The second-order valence-corrected chi connectivity index (χ2v) is 15.6. The molecular formula is C46H46F2N14O7. The standard InChI is InChI=1S/C23H24FN7O4.C23H22FN7O3/c1-14(31-5-4-20-18(23(31)33)9-17(12-25-20)35-7-6-34-3)22(32)29-28-21-19(24)8-15(10-26-21)16-11-27-30(2)13-16;1-14(30-5-4-20-18(23(30)32)9-17(11-25-20)34-7-6-33-3)21-27-28-22-19(24)8-15(13-31(21)22)16-10-26-29(2)12-16/h4-5,8-14H,6-7H2,1-3H3,(H,26,28)(H,29,32);4-5,8-14H,6-7H2,1-3H3/t;14-/m.1/s1. The van der Waals surface area contributed by atoms with Crippen LogP contribution in [0.3, 0.4) is 0 Å². The number of anilines is 1. The van der Waals surface area contributed by atoms with Crippen LogP contribution in [0.4, 0.5) is 14.6 Å². The number of hydrogen-bond acceptors (Lipinski definition) is 15. The molecule has 9 rings (SSSR count). The molecule has 0 fully saturated rings. The number of fused-ring (bicyclic) bond motifs is 3. The van der Waals surface area contributed by atoms with E-state index in [-0.39, 0.29) is 17.0 Å². The molecule has 9 heterocycles. The lowest BCUT2D eigenvalue weighted by molar-refractivity contribution is -0.123. The summed E-state index contributed by atoms with van der Waals surface area (Å²) in [7, 11) is 6.69. The van der Waals surface area contributed by atoms with Crippen LogP contribution in [0.25, 0.3) is 49.7 Å². The molecule has 9 aromatic heterocycles. The first kappa shape index (κ1) is 47.1. The number of ether oxygens (including phenoxy) is 4. The zero-order chi connectivity index (χ0) is 48.8. The molecule has 0 aliphatic rings. The lowest BCUT2D eigenvalue weighted by Gasteiger charge is -2.17. The number of nitrogens with zero attached hydrogens (tertiary/aromatic N) is 12. The molecular weight excluding hydrogens is 899 g/mol. The Hall–Kier alpha value is -8.44. The monoisotopic (exact) mass is 944 g/mol. The first-order valence-electron chi connectivity index (χ1n) is 21.3.